The fourth-order valence-electron chi connectivity index (χ4n) is 3.98. The third kappa shape index (κ3) is 3.81. The third-order valence-corrected chi connectivity index (χ3v) is 7.66. The van der Waals surface area contributed by atoms with Crippen molar-refractivity contribution in [2.45, 2.75) is 4.90 Å². The monoisotopic (exact) mass is 475 g/mol. The Bertz CT molecular complexity index is 1550. The lowest BCUT2D eigenvalue weighted by Crippen LogP contribution is -2.40. The summed E-state index contributed by atoms with van der Waals surface area (Å²) in [6.07, 6.45) is 0. The molecule has 2 N–H and O–H groups in total. The van der Waals surface area contributed by atoms with Crippen molar-refractivity contribution in [3.63, 3.8) is 0 Å². The summed E-state index contributed by atoms with van der Waals surface area (Å²) in [4.78, 5) is 12.6. The summed E-state index contributed by atoms with van der Waals surface area (Å²) < 4.78 is 38.3. The molecule has 0 spiro atoms. The van der Waals surface area contributed by atoms with Gasteiger partial charge in [0.15, 0.2) is 5.58 Å². The number of para-hydroxylation sites is 2. The van der Waals surface area contributed by atoms with Crippen LogP contribution in [0.3, 0.4) is 0 Å². The van der Waals surface area contributed by atoms with E-state index in [1.807, 2.05) is 48.5 Å². The largest absolute Gasteiger partial charge is 0.423 e. The van der Waals surface area contributed by atoms with Crippen LogP contribution in [-0.4, -0.2) is 54.0 Å². The standard InChI is InChI=1S/C24H21N5O4S/c30-34(31,29-11-13-32-14-12-29)18-9-10-22-21(15-18)28-24(33-22)25-17-7-5-16(6-8-17)23-26-19-3-1-2-4-20(19)27-23/h1-10,15H,11-14H2,(H,25,28)(H,26,27). The van der Waals surface area contributed by atoms with Gasteiger partial charge in [-0.2, -0.15) is 9.29 Å². The van der Waals surface area contributed by atoms with Gasteiger partial charge >= 0.3 is 0 Å². The fraction of sp³-hybridized carbons (Fsp3) is 0.167. The molecule has 172 valence electrons. The van der Waals surface area contributed by atoms with Gasteiger partial charge in [0.2, 0.25) is 10.0 Å². The number of rotatable bonds is 5. The van der Waals surface area contributed by atoms with Crippen molar-refractivity contribution in [2.75, 3.05) is 31.6 Å². The van der Waals surface area contributed by atoms with E-state index in [2.05, 4.69) is 20.3 Å². The highest BCUT2D eigenvalue weighted by Crippen LogP contribution is 2.27. The Labute approximate surface area is 195 Å². The van der Waals surface area contributed by atoms with E-state index in [-0.39, 0.29) is 10.9 Å². The Hall–Kier alpha value is -3.73. The molecule has 10 heteroatoms. The summed E-state index contributed by atoms with van der Waals surface area (Å²) in [7, 11) is -3.60. The highest BCUT2D eigenvalue weighted by Gasteiger charge is 2.27. The second kappa shape index (κ2) is 8.24. The van der Waals surface area contributed by atoms with Crippen LogP contribution in [0.1, 0.15) is 0 Å². The molecule has 0 aliphatic carbocycles. The van der Waals surface area contributed by atoms with Crippen molar-refractivity contribution >= 4 is 43.9 Å². The highest BCUT2D eigenvalue weighted by molar-refractivity contribution is 7.89. The van der Waals surface area contributed by atoms with E-state index in [1.165, 1.54) is 4.31 Å². The average Bonchev–Trinajstić information content (AvgIpc) is 3.48. The third-order valence-electron chi connectivity index (χ3n) is 5.77. The maximum absolute atomic E-state index is 12.9. The van der Waals surface area contributed by atoms with Crippen molar-refractivity contribution in [1.29, 1.82) is 0 Å². The summed E-state index contributed by atoms with van der Waals surface area (Å²) in [5.41, 5.74) is 4.62. The first kappa shape index (κ1) is 20.8. The van der Waals surface area contributed by atoms with E-state index >= 15 is 0 Å². The number of ether oxygens (including phenoxy) is 1. The Morgan fingerprint density at radius 2 is 1.71 bits per heavy atom. The molecule has 0 unspecified atom stereocenters. The predicted molar refractivity (Wildman–Crippen MR) is 128 cm³/mol. The summed E-state index contributed by atoms with van der Waals surface area (Å²) in [5.74, 6) is 0.795. The minimum atomic E-state index is -3.60. The molecule has 1 fully saturated rings. The molecule has 1 saturated heterocycles. The molecule has 0 radical (unpaired) electrons. The van der Waals surface area contributed by atoms with E-state index in [0.717, 1.165) is 28.1 Å². The lowest BCUT2D eigenvalue weighted by Gasteiger charge is -2.25. The van der Waals surface area contributed by atoms with Crippen LogP contribution in [0.2, 0.25) is 0 Å². The van der Waals surface area contributed by atoms with Crippen LogP contribution in [-0.2, 0) is 14.8 Å². The molecule has 6 rings (SSSR count). The Kier molecular flexibility index (Phi) is 5.05. The molecule has 0 bridgehead atoms. The molecular weight excluding hydrogens is 454 g/mol. The molecule has 2 aromatic heterocycles. The molecule has 34 heavy (non-hydrogen) atoms. The topological polar surface area (TPSA) is 113 Å². The highest BCUT2D eigenvalue weighted by atomic mass is 32.2. The number of anilines is 2. The van der Waals surface area contributed by atoms with Gasteiger partial charge in [0.05, 0.1) is 29.1 Å². The average molecular weight is 476 g/mol. The smallest absolute Gasteiger partial charge is 0.300 e. The van der Waals surface area contributed by atoms with Crippen LogP contribution in [0.5, 0.6) is 0 Å². The number of benzene rings is 3. The van der Waals surface area contributed by atoms with Gasteiger partial charge in [-0.1, -0.05) is 12.1 Å². The number of aromatic nitrogens is 3. The second-order valence-corrected chi connectivity index (χ2v) is 9.91. The van der Waals surface area contributed by atoms with Gasteiger partial charge in [0.1, 0.15) is 11.3 Å². The molecule has 1 aliphatic rings. The van der Waals surface area contributed by atoms with Crippen molar-refractivity contribution in [1.82, 2.24) is 19.3 Å². The first-order chi connectivity index (χ1) is 16.6. The van der Waals surface area contributed by atoms with Crippen LogP contribution < -0.4 is 5.32 Å². The molecule has 3 aromatic carbocycles. The van der Waals surface area contributed by atoms with Crippen LogP contribution in [0.15, 0.2) is 76.0 Å². The van der Waals surface area contributed by atoms with Crippen LogP contribution in [0, 0.1) is 0 Å². The molecule has 1 aliphatic heterocycles. The minimum Gasteiger partial charge on any atom is -0.423 e. The number of sulfonamides is 1. The van der Waals surface area contributed by atoms with Crippen molar-refractivity contribution in [2.24, 2.45) is 0 Å². The van der Waals surface area contributed by atoms with Crippen molar-refractivity contribution in [3.8, 4) is 11.4 Å². The summed E-state index contributed by atoms with van der Waals surface area (Å²) >= 11 is 0. The van der Waals surface area contributed by atoms with Gasteiger partial charge in [0.25, 0.3) is 6.01 Å². The zero-order valence-corrected chi connectivity index (χ0v) is 18.9. The van der Waals surface area contributed by atoms with E-state index in [9.17, 15) is 8.42 Å². The Morgan fingerprint density at radius 3 is 2.50 bits per heavy atom. The second-order valence-electron chi connectivity index (χ2n) is 7.97. The lowest BCUT2D eigenvalue weighted by molar-refractivity contribution is 0.0730. The maximum Gasteiger partial charge on any atom is 0.300 e. The van der Waals surface area contributed by atoms with Crippen molar-refractivity contribution < 1.29 is 17.6 Å². The lowest BCUT2D eigenvalue weighted by atomic mass is 10.2. The zero-order valence-electron chi connectivity index (χ0n) is 18.1. The number of morpholine rings is 1. The molecule has 5 aromatic rings. The number of H-pyrrole nitrogens is 1. The predicted octanol–water partition coefficient (Wildman–Crippen LogP) is 4.14. The molecule has 9 nitrogen and oxygen atoms in total. The number of hydrogen-bond donors (Lipinski definition) is 2. The number of hydrogen-bond acceptors (Lipinski definition) is 7. The van der Waals surface area contributed by atoms with Gasteiger partial charge in [-0.3, -0.25) is 0 Å². The Balaban J connectivity index is 1.22. The first-order valence-corrected chi connectivity index (χ1v) is 12.3. The molecule has 0 atom stereocenters. The molecule has 0 saturated carbocycles. The van der Waals surface area contributed by atoms with Crippen LogP contribution in [0.25, 0.3) is 33.5 Å². The quantitative estimate of drug-likeness (QED) is 0.393. The normalized spacial score (nSPS) is 15.2. The summed E-state index contributed by atoms with van der Waals surface area (Å²) in [6, 6.07) is 20.6. The molecule has 0 amide bonds. The number of nitrogens with one attached hydrogen (secondary N) is 2. The van der Waals surface area contributed by atoms with Gasteiger partial charge in [-0.05, 0) is 54.6 Å². The Morgan fingerprint density at radius 1 is 0.912 bits per heavy atom. The van der Waals surface area contributed by atoms with Gasteiger partial charge < -0.3 is 19.5 Å². The molecular formula is C24H21N5O4S. The summed E-state index contributed by atoms with van der Waals surface area (Å²) in [5, 5.41) is 3.14. The number of nitrogens with zero attached hydrogens (tertiary/aromatic N) is 3. The first-order valence-electron chi connectivity index (χ1n) is 10.9. The van der Waals surface area contributed by atoms with E-state index in [4.69, 9.17) is 9.15 Å². The van der Waals surface area contributed by atoms with E-state index in [1.54, 1.807) is 18.2 Å². The molecule has 3 heterocycles. The van der Waals surface area contributed by atoms with Crippen LogP contribution >= 0.6 is 0 Å². The number of aromatic amines is 1. The number of fused-ring (bicyclic) bond motifs is 2. The maximum atomic E-state index is 12.9. The van der Waals surface area contributed by atoms with Gasteiger partial charge in [0, 0.05) is 24.3 Å². The number of imidazole rings is 1. The van der Waals surface area contributed by atoms with Gasteiger partial charge in [-0.15, -0.1) is 0 Å². The van der Waals surface area contributed by atoms with Gasteiger partial charge in [-0.25, -0.2) is 13.4 Å². The van der Waals surface area contributed by atoms with Crippen LogP contribution in [0.4, 0.5) is 11.7 Å². The zero-order chi connectivity index (χ0) is 23.1. The van der Waals surface area contributed by atoms with E-state index in [0.29, 0.717) is 37.4 Å². The van der Waals surface area contributed by atoms with Crippen molar-refractivity contribution in [3.05, 3.63) is 66.7 Å². The fourth-order valence-corrected chi connectivity index (χ4v) is 5.41. The SMILES string of the molecule is O=S(=O)(c1ccc2oc(Nc3ccc(-c4nc5ccccc5[nH]4)cc3)nc2c1)N1CCOCC1. The minimum absolute atomic E-state index is 0.192. The summed E-state index contributed by atoms with van der Waals surface area (Å²) in [6.45, 7) is 1.48. The van der Waals surface area contributed by atoms with E-state index < -0.39 is 10.0 Å². The number of oxazole rings is 1.